The number of rotatable bonds is 4. The Hall–Kier alpha value is -1.77. The molecule has 2 aromatic rings. The molecule has 0 bridgehead atoms. The van der Waals surface area contributed by atoms with Gasteiger partial charge < -0.3 is 11.1 Å². The summed E-state index contributed by atoms with van der Waals surface area (Å²) in [4.78, 5) is 4.14. The van der Waals surface area contributed by atoms with Crippen molar-refractivity contribution in [3.63, 3.8) is 0 Å². The van der Waals surface area contributed by atoms with Gasteiger partial charge in [-0.2, -0.15) is 0 Å². The number of hydrogen-bond acceptors (Lipinski definition) is 3. The van der Waals surface area contributed by atoms with Crippen LogP contribution in [-0.2, 0) is 0 Å². The van der Waals surface area contributed by atoms with E-state index in [9.17, 15) is 0 Å². The summed E-state index contributed by atoms with van der Waals surface area (Å²) >= 11 is 0. The number of nitrogen functional groups attached to an aromatic ring is 1. The molecule has 0 aliphatic rings. The zero-order valence-electron chi connectivity index (χ0n) is 11.3. The molecule has 0 aliphatic carbocycles. The van der Waals surface area contributed by atoms with Crippen LogP contribution in [0.4, 0.5) is 11.4 Å². The number of pyridine rings is 1. The summed E-state index contributed by atoms with van der Waals surface area (Å²) in [6, 6.07) is 6.49. The second-order valence-corrected chi connectivity index (χ2v) is 5.03. The van der Waals surface area contributed by atoms with Crippen LogP contribution in [0.3, 0.4) is 0 Å². The first-order chi connectivity index (χ1) is 8.63. The lowest BCUT2D eigenvalue weighted by Gasteiger charge is -2.23. The van der Waals surface area contributed by atoms with Gasteiger partial charge in [-0.05, 0) is 30.5 Å². The van der Waals surface area contributed by atoms with E-state index in [-0.39, 0.29) is 0 Å². The highest BCUT2D eigenvalue weighted by molar-refractivity contribution is 6.00. The van der Waals surface area contributed by atoms with E-state index in [4.69, 9.17) is 5.73 Å². The normalized spacial score (nSPS) is 12.9. The topological polar surface area (TPSA) is 50.9 Å². The molecule has 0 fully saturated rings. The Morgan fingerprint density at radius 3 is 2.67 bits per heavy atom. The Morgan fingerprint density at radius 1 is 1.22 bits per heavy atom. The molecule has 3 N–H and O–H groups in total. The van der Waals surface area contributed by atoms with Crippen molar-refractivity contribution in [3.05, 3.63) is 30.6 Å². The van der Waals surface area contributed by atoms with E-state index < -0.39 is 0 Å². The van der Waals surface area contributed by atoms with Crippen LogP contribution in [-0.4, -0.2) is 11.0 Å². The fourth-order valence-corrected chi connectivity index (χ4v) is 2.28. The van der Waals surface area contributed by atoms with Crippen molar-refractivity contribution in [2.45, 2.75) is 33.2 Å². The quantitative estimate of drug-likeness (QED) is 0.806. The van der Waals surface area contributed by atoms with Gasteiger partial charge in [-0.25, -0.2) is 0 Å². The molecule has 0 aliphatic heterocycles. The third-order valence-corrected chi connectivity index (χ3v) is 3.44. The first-order valence-electron chi connectivity index (χ1n) is 6.52. The van der Waals surface area contributed by atoms with Crippen molar-refractivity contribution in [1.29, 1.82) is 0 Å². The summed E-state index contributed by atoms with van der Waals surface area (Å²) in [5, 5.41) is 5.77. The average Bonchev–Trinajstić information content (AvgIpc) is 2.38. The molecular formula is C15H21N3. The molecule has 3 heteroatoms. The molecule has 1 aromatic carbocycles. The molecule has 0 spiro atoms. The van der Waals surface area contributed by atoms with Gasteiger partial charge >= 0.3 is 0 Å². The zero-order valence-corrected chi connectivity index (χ0v) is 11.3. The van der Waals surface area contributed by atoms with Gasteiger partial charge in [0.25, 0.3) is 0 Å². The smallest absolute Gasteiger partial charge is 0.0424 e. The highest BCUT2D eigenvalue weighted by Crippen LogP contribution is 2.28. The number of nitrogens with two attached hydrogens (primary N) is 1. The van der Waals surface area contributed by atoms with Gasteiger partial charge in [0.15, 0.2) is 0 Å². The Kier molecular flexibility index (Phi) is 3.70. The van der Waals surface area contributed by atoms with Crippen molar-refractivity contribution in [1.82, 2.24) is 4.98 Å². The summed E-state index contributed by atoms with van der Waals surface area (Å²) < 4.78 is 0. The number of benzene rings is 1. The van der Waals surface area contributed by atoms with Crippen LogP contribution in [0.15, 0.2) is 30.6 Å². The lowest BCUT2D eigenvalue weighted by Crippen LogP contribution is -2.24. The minimum absolute atomic E-state index is 0.477. The first-order valence-corrected chi connectivity index (χ1v) is 6.52. The maximum atomic E-state index is 5.98. The molecule has 1 atom stereocenters. The maximum absolute atomic E-state index is 5.98. The van der Waals surface area contributed by atoms with Gasteiger partial charge in [0.05, 0.1) is 0 Å². The summed E-state index contributed by atoms with van der Waals surface area (Å²) in [6.45, 7) is 6.68. The minimum Gasteiger partial charge on any atom is -0.398 e. The Labute approximate surface area is 108 Å². The third kappa shape index (κ3) is 2.40. The van der Waals surface area contributed by atoms with Crippen LogP contribution < -0.4 is 11.1 Å². The van der Waals surface area contributed by atoms with Crippen molar-refractivity contribution in [3.8, 4) is 0 Å². The highest BCUT2D eigenvalue weighted by Gasteiger charge is 2.12. The number of anilines is 2. The van der Waals surface area contributed by atoms with E-state index in [1.165, 1.54) is 0 Å². The fourth-order valence-electron chi connectivity index (χ4n) is 2.28. The molecular weight excluding hydrogens is 222 g/mol. The average molecular weight is 243 g/mol. The van der Waals surface area contributed by atoms with E-state index >= 15 is 0 Å². The predicted octanol–water partition coefficient (Wildman–Crippen LogP) is 3.66. The molecule has 0 saturated carbocycles. The number of hydrogen-bond donors (Lipinski definition) is 2. The molecule has 0 radical (unpaired) electrons. The van der Waals surface area contributed by atoms with Crippen LogP contribution in [0.1, 0.15) is 27.2 Å². The second kappa shape index (κ2) is 5.25. The SMILES string of the molecule is CCC(Nc1ccc(N)c2cnccc12)C(C)C. The van der Waals surface area contributed by atoms with Crippen LogP contribution in [0.25, 0.3) is 10.8 Å². The molecule has 1 heterocycles. The zero-order chi connectivity index (χ0) is 13.1. The Balaban J connectivity index is 2.42. The van der Waals surface area contributed by atoms with Crippen LogP contribution in [0, 0.1) is 5.92 Å². The largest absolute Gasteiger partial charge is 0.398 e. The van der Waals surface area contributed by atoms with Gasteiger partial charge in [0.1, 0.15) is 0 Å². The molecule has 96 valence electrons. The predicted molar refractivity (Wildman–Crippen MR) is 78.7 cm³/mol. The van der Waals surface area contributed by atoms with E-state index in [0.29, 0.717) is 12.0 Å². The monoisotopic (exact) mass is 243 g/mol. The number of aromatic nitrogens is 1. The first kappa shape index (κ1) is 12.7. The van der Waals surface area contributed by atoms with Crippen molar-refractivity contribution < 1.29 is 0 Å². The van der Waals surface area contributed by atoms with Gasteiger partial charge in [0, 0.05) is 40.6 Å². The van der Waals surface area contributed by atoms with E-state index in [0.717, 1.165) is 28.6 Å². The summed E-state index contributed by atoms with van der Waals surface area (Å²) in [5.74, 6) is 0.601. The standard InChI is InChI=1S/C15H21N3/c1-4-14(10(2)3)18-15-6-5-13(16)12-9-17-8-7-11(12)15/h5-10,14,18H,4,16H2,1-3H3. The number of fused-ring (bicyclic) bond motifs is 1. The molecule has 18 heavy (non-hydrogen) atoms. The van der Waals surface area contributed by atoms with E-state index in [1.54, 1.807) is 0 Å². The van der Waals surface area contributed by atoms with Crippen LogP contribution >= 0.6 is 0 Å². The third-order valence-electron chi connectivity index (χ3n) is 3.44. The van der Waals surface area contributed by atoms with Crippen LogP contribution in [0.2, 0.25) is 0 Å². The summed E-state index contributed by atoms with van der Waals surface area (Å²) in [5.41, 5.74) is 7.90. The van der Waals surface area contributed by atoms with E-state index in [2.05, 4.69) is 37.1 Å². The van der Waals surface area contributed by atoms with Crippen molar-refractivity contribution in [2.75, 3.05) is 11.1 Å². The molecule has 3 nitrogen and oxygen atoms in total. The lowest BCUT2D eigenvalue weighted by atomic mass is 10.0. The lowest BCUT2D eigenvalue weighted by molar-refractivity contribution is 0.512. The Bertz CT molecular complexity index is 534. The fraction of sp³-hybridized carbons (Fsp3) is 0.400. The van der Waals surface area contributed by atoms with Crippen molar-refractivity contribution >= 4 is 22.1 Å². The van der Waals surface area contributed by atoms with E-state index in [1.807, 2.05) is 24.5 Å². The van der Waals surface area contributed by atoms with Gasteiger partial charge in [-0.3, -0.25) is 4.98 Å². The van der Waals surface area contributed by atoms with Crippen molar-refractivity contribution in [2.24, 2.45) is 5.92 Å². The summed E-state index contributed by atoms with van der Waals surface area (Å²) in [6.07, 6.45) is 4.74. The second-order valence-electron chi connectivity index (χ2n) is 5.03. The Morgan fingerprint density at radius 2 is 2.00 bits per heavy atom. The molecule has 0 amide bonds. The highest BCUT2D eigenvalue weighted by atomic mass is 14.9. The summed E-state index contributed by atoms with van der Waals surface area (Å²) in [7, 11) is 0. The van der Waals surface area contributed by atoms with Gasteiger partial charge in [0.2, 0.25) is 0 Å². The number of nitrogens with one attached hydrogen (secondary N) is 1. The molecule has 1 unspecified atom stereocenters. The van der Waals surface area contributed by atoms with Gasteiger partial charge in [-0.1, -0.05) is 20.8 Å². The molecule has 2 rings (SSSR count). The van der Waals surface area contributed by atoms with Gasteiger partial charge in [-0.15, -0.1) is 0 Å². The number of nitrogens with zero attached hydrogens (tertiary/aromatic N) is 1. The van der Waals surface area contributed by atoms with Crippen LogP contribution in [0.5, 0.6) is 0 Å². The molecule has 0 saturated heterocycles. The minimum atomic E-state index is 0.477. The molecule has 1 aromatic heterocycles. The maximum Gasteiger partial charge on any atom is 0.0424 e.